The van der Waals surface area contributed by atoms with Gasteiger partial charge in [0.2, 0.25) is 0 Å². The largest absolute Gasteiger partial charge is 0.373 e. The van der Waals surface area contributed by atoms with Crippen LogP contribution in [0.15, 0.2) is 0 Å². The summed E-state index contributed by atoms with van der Waals surface area (Å²) in [6.45, 7) is 9.93. The first kappa shape index (κ1) is 13.6. The van der Waals surface area contributed by atoms with Crippen LogP contribution in [0.4, 0.5) is 11.6 Å². The number of hydrogen-bond acceptors (Lipinski definition) is 5. The lowest BCUT2D eigenvalue weighted by Crippen LogP contribution is -2.55. The molecule has 0 spiro atoms. The summed E-state index contributed by atoms with van der Waals surface area (Å²) in [6, 6.07) is 1.22. The topological polar surface area (TPSA) is 44.3 Å². The molecule has 0 aromatic carbocycles. The highest BCUT2D eigenvalue weighted by Gasteiger charge is 2.35. The van der Waals surface area contributed by atoms with Gasteiger partial charge in [0.05, 0.1) is 0 Å². The Kier molecular flexibility index (Phi) is 3.54. The van der Waals surface area contributed by atoms with Gasteiger partial charge in [-0.1, -0.05) is 0 Å². The number of hydrogen-bond donors (Lipinski definition) is 1. The van der Waals surface area contributed by atoms with E-state index in [-0.39, 0.29) is 0 Å². The molecule has 0 bridgehead atoms. The minimum absolute atomic E-state index is 0.516. The Balaban J connectivity index is 1.93. The summed E-state index contributed by atoms with van der Waals surface area (Å²) in [5.74, 6) is 2.91. The minimum atomic E-state index is 0.516. The van der Waals surface area contributed by atoms with Gasteiger partial charge in [-0.25, -0.2) is 9.97 Å². The van der Waals surface area contributed by atoms with E-state index in [1.165, 1.54) is 19.4 Å². The highest BCUT2D eigenvalue weighted by atomic mass is 15.3. The number of aromatic nitrogens is 2. The van der Waals surface area contributed by atoms with Gasteiger partial charge in [0.15, 0.2) is 0 Å². The molecule has 1 aromatic rings. The fourth-order valence-electron chi connectivity index (χ4n) is 3.62. The average Bonchev–Trinajstić information content (AvgIpc) is 2.87. The van der Waals surface area contributed by atoms with Crippen LogP contribution in [0.3, 0.4) is 0 Å². The number of anilines is 2. The highest BCUT2D eigenvalue weighted by Crippen LogP contribution is 2.31. The molecule has 2 fully saturated rings. The fourth-order valence-corrected chi connectivity index (χ4v) is 3.62. The smallest absolute Gasteiger partial charge is 0.137 e. The van der Waals surface area contributed by atoms with E-state index < -0.39 is 0 Å². The van der Waals surface area contributed by atoms with E-state index in [0.29, 0.717) is 12.1 Å². The van der Waals surface area contributed by atoms with Crippen LogP contribution in [0.5, 0.6) is 0 Å². The van der Waals surface area contributed by atoms with Crippen LogP contribution in [0.1, 0.15) is 31.2 Å². The van der Waals surface area contributed by atoms with Crippen molar-refractivity contribution in [2.45, 2.75) is 45.7 Å². The van der Waals surface area contributed by atoms with Crippen LogP contribution >= 0.6 is 0 Å². The third-order valence-electron chi connectivity index (χ3n) is 4.68. The molecule has 110 valence electrons. The maximum atomic E-state index is 4.73. The summed E-state index contributed by atoms with van der Waals surface area (Å²) in [7, 11) is 1.93. The first-order chi connectivity index (χ1) is 9.60. The molecule has 2 aliphatic heterocycles. The first-order valence-corrected chi connectivity index (χ1v) is 7.64. The Morgan fingerprint density at radius 3 is 2.75 bits per heavy atom. The molecule has 2 unspecified atom stereocenters. The summed E-state index contributed by atoms with van der Waals surface area (Å²) in [5, 5.41) is 3.19. The van der Waals surface area contributed by atoms with Crippen molar-refractivity contribution >= 4 is 11.6 Å². The average molecular weight is 275 g/mol. The second kappa shape index (κ2) is 5.20. The van der Waals surface area contributed by atoms with Gasteiger partial charge < -0.3 is 10.2 Å². The van der Waals surface area contributed by atoms with E-state index in [0.717, 1.165) is 36.1 Å². The Hall–Kier alpha value is -1.36. The van der Waals surface area contributed by atoms with Crippen molar-refractivity contribution < 1.29 is 0 Å². The molecule has 1 N–H and O–H groups in total. The van der Waals surface area contributed by atoms with Crippen molar-refractivity contribution in [1.29, 1.82) is 0 Å². The number of nitrogens with zero attached hydrogens (tertiary/aromatic N) is 4. The van der Waals surface area contributed by atoms with Gasteiger partial charge in [-0.15, -0.1) is 0 Å². The predicted molar refractivity (Wildman–Crippen MR) is 82.5 cm³/mol. The van der Waals surface area contributed by atoms with E-state index in [4.69, 9.17) is 4.98 Å². The zero-order chi connectivity index (χ0) is 14.3. The summed E-state index contributed by atoms with van der Waals surface area (Å²) >= 11 is 0. The van der Waals surface area contributed by atoms with E-state index >= 15 is 0 Å². The van der Waals surface area contributed by atoms with Crippen LogP contribution in [0, 0.1) is 13.8 Å². The van der Waals surface area contributed by atoms with Gasteiger partial charge in [-0.3, -0.25) is 4.90 Å². The predicted octanol–water partition coefficient (Wildman–Crippen LogP) is 1.81. The Labute approximate surface area is 121 Å². The van der Waals surface area contributed by atoms with E-state index in [1.54, 1.807) is 0 Å². The summed E-state index contributed by atoms with van der Waals surface area (Å²) in [6.07, 6.45) is 2.67. The quantitative estimate of drug-likeness (QED) is 0.892. The normalized spacial score (nSPS) is 26.7. The number of fused-ring (bicyclic) bond motifs is 1. The van der Waals surface area contributed by atoms with Crippen molar-refractivity contribution in [2.24, 2.45) is 0 Å². The van der Waals surface area contributed by atoms with Crippen LogP contribution < -0.4 is 10.2 Å². The number of rotatable bonds is 2. The SMILES string of the molecule is CNc1nc(C)nc(N2CC3CCCN3CC2C)c1C. The fraction of sp³-hybridized carbons (Fsp3) is 0.733. The lowest BCUT2D eigenvalue weighted by Gasteiger charge is -2.43. The first-order valence-electron chi connectivity index (χ1n) is 7.64. The summed E-state index contributed by atoms with van der Waals surface area (Å²) in [5.41, 5.74) is 1.16. The molecule has 2 atom stereocenters. The zero-order valence-corrected chi connectivity index (χ0v) is 13.0. The maximum absolute atomic E-state index is 4.73. The van der Waals surface area contributed by atoms with Gasteiger partial charge in [0.25, 0.3) is 0 Å². The van der Waals surface area contributed by atoms with Gasteiger partial charge in [-0.05, 0) is 40.2 Å². The number of aryl methyl sites for hydroxylation is 1. The summed E-state index contributed by atoms with van der Waals surface area (Å²) in [4.78, 5) is 14.3. The van der Waals surface area contributed by atoms with Crippen molar-refractivity contribution in [3.8, 4) is 0 Å². The van der Waals surface area contributed by atoms with Crippen LogP contribution in [0.2, 0.25) is 0 Å². The Bertz CT molecular complexity index is 501. The molecule has 5 heteroatoms. The molecular formula is C15H25N5. The van der Waals surface area contributed by atoms with Crippen molar-refractivity contribution in [3.05, 3.63) is 11.4 Å². The molecule has 0 radical (unpaired) electrons. The molecular weight excluding hydrogens is 250 g/mol. The van der Waals surface area contributed by atoms with Crippen molar-refractivity contribution in [3.63, 3.8) is 0 Å². The lowest BCUT2D eigenvalue weighted by atomic mass is 10.1. The van der Waals surface area contributed by atoms with Crippen LogP contribution in [-0.2, 0) is 0 Å². The molecule has 2 aliphatic rings. The number of nitrogens with one attached hydrogen (secondary N) is 1. The molecule has 5 nitrogen and oxygen atoms in total. The van der Waals surface area contributed by atoms with E-state index in [2.05, 4.69) is 33.9 Å². The zero-order valence-electron chi connectivity index (χ0n) is 13.0. The van der Waals surface area contributed by atoms with E-state index in [9.17, 15) is 0 Å². The number of piperazine rings is 1. The Morgan fingerprint density at radius 2 is 2.00 bits per heavy atom. The van der Waals surface area contributed by atoms with Gasteiger partial charge in [0.1, 0.15) is 17.5 Å². The minimum Gasteiger partial charge on any atom is -0.373 e. The van der Waals surface area contributed by atoms with Gasteiger partial charge in [0, 0.05) is 37.8 Å². The molecule has 0 aliphatic carbocycles. The third kappa shape index (κ3) is 2.24. The second-order valence-electron chi connectivity index (χ2n) is 6.11. The van der Waals surface area contributed by atoms with Crippen LogP contribution in [0.25, 0.3) is 0 Å². The van der Waals surface area contributed by atoms with Crippen LogP contribution in [-0.4, -0.2) is 53.6 Å². The van der Waals surface area contributed by atoms with Crippen molar-refractivity contribution in [1.82, 2.24) is 14.9 Å². The van der Waals surface area contributed by atoms with Gasteiger partial charge in [-0.2, -0.15) is 0 Å². The third-order valence-corrected chi connectivity index (χ3v) is 4.68. The molecule has 2 saturated heterocycles. The molecule has 1 aromatic heterocycles. The molecule has 3 rings (SSSR count). The molecule has 3 heterocycles. The van der Waals surface area contributed by atoms with Gasteiger partial charge >= 0.3 is 0 Å². The maximum Gasteiger partial charge on any atom is 0.137 e. The monoisotopic (exact) mass is 275 g/mol. The summed E-state index contributed by atoms with van der Waals surface area (Å²) < 4.78 is 0. The molecule has 0 saturated carbocycles. The van der Waals surface area contributed by atoms with Crippen molar-refractivity contribution in [2.75, 3.05) is 36.9 Å². The second-order valence-corrected chi connectivity index (χ2v) is 6.11. The molecule has 20 heavy (non-hydrogen) atoms. The highest BCUT2D eigenvalue weighted by molar-refractivity contribution is 5.59. The standard InChI is InChI=1S/C15H25N5/c1-10-8-19-7-5-6-13(19)9-20(10)15-11(2)14(16-4)17-12(3)18-15/h10,13H,5-9H2,1-4H3,(H,16,17,18). The molecule has 0 amide bonds. The lowest BCUT2D eigenvalue weighted by molar-refractivity contribution is 0.202. The van der Waals surface area contributed by atoms with E-state index in [1.807, 2.05) is 14.0 Å². The Morgan fingerprint density at radius 1 is 1.20 bits per heavy atom.